The minimum Gasteiger partial charge on any atom is -0.497 e. The zero-order chi connectivity index (χ0) is 19.8. The number of likely N-dealkylation sites (N-methyl/N-ethyl adjacent to an activating group) is 1. The van der Waals surface area contributed by atoms with Crippen LogP contribution in [-0.2, 0) is 11.3 Å². The Labute approximate surface area is 156 Å². The molecule has 1 unspecified atom stereocenters. The molecule has 27 heavy (non-hydrogen) atoms. The zero-order valence-electron chi connectivity index (χ0n) is 15.4. The molecule has 6 nitrogen and oxygen atoms in total. The summed E-state index contributed by atoms with van der Waals surface area (Å²) >= 11 is 0. The van der Waals surface area contributed by atoms with Gasteiger partial charge in [-0.1, -0.05) is 6.07 Å². The first-order chi connectivity index (χ1) is 12.9. The molecule has 2 aromatic carbocycles. The number of anilines is 1. The molecule has 0 saturated heterocycles. The minimum absolute atomic E-state index is 0.0235. The van der Waals surface area contributed by atoms with E-state index in [2.05, 4.69) is 10.1 Å². The van der Waals surface area contributed by atoms with Crippen molar-refractivity contribution in [1.82, 2.24) is 0 Å². The fraction of sp³-hybridized carbons (Fsp3) is 0.316. The molecule has 1 amide bonds. The van der Waals surface area contributed by atoms with Crippen molar-refractivity contribution < 1.29 is 32.7 Å². The highest BCUT2D eigenvalue weighted by Gasteiger charge is 2.15. The molecule has 0 bridgehead atoms. The van der Waals surface area contributed by atoms with Crippen LogP contribution in [0.2, 0.25) is 0 Å². The third-order valence-corrected chi connectivity index (χ3v) is 3.77. The third kappa shape index (κ3) is 6.41. The second-order valence-corrected chi connectivity index (χ2v) is 5.95. The lowest BCUT2D eigenvalue weighted by molar-refractivity contribution is -0.885. The van der Waals surface area contributed by atoms with Crippen LogP contribution in [0.25, 0.3) is 0 Å². The molecule has 0 aliphatic heterocycles. The number of ether oxygens (including phenoxy) is 3. The summed E-state index contributed by atoms with van der Waals surface area (Å²) in [5.74, 6) is 0.711. The van der Waals surface area contributed by atoms with Crippen LogP contribution < -0.4 is 24.4 Å². The molecule has 8 heteroatoms. The van der Waals surface area contributed by atoms with Gasteiger partial charge in [0.15, 0.2) is 18.0 Å². The molecule has 2 rings (SSSR count). The number of carbonyl (C=O) groups excluding carboxylic acids is 1. The zero-order valence-corrected chi connectivity index (χ0v) is 15.4. The van der Waals surface area contributed by atoms with E-state index in [1.807, 2.05) is 7.05 Å². The second-order valence-electron chi connectivity index (χ2n) is 5.95. The van der Waals surface area contributed by atoms with Crippen LogP contribution in [0.3, 0.4) is 0 Å². The van der Waals surface area contributed by atoms with Gasteiger partial charge in [-0.05, 0) is 30.3 Å². The first kappa shape index (κ1) is 20.4. The number of nitrogens with one attached hydrogen (secondary N) is 2. The molecule has 0 aliphatic carbocycles. The predicted octanol–water partition coefficient (Wildman–Crippen LogP) is 1.96. The Hall–Kier alpha value is -2.87. The van der Waals surface area contributed by atoms with Gasteiger partial charge in [0.2, 0.25) is 0 Å². The molecule has 0 fully saturated rings. The Morgan fingerprint density at radius 2 is 1.89 bits per heavy atom. The van der Waals surface area contributed by atoms with Gasteiger partial charge in [-0.25, -0.2) is 0 Å². The maximum absolute atomic E-state index is 12.4. The van der Waals surface area contributed by atoms with E-state index < -0.39 is 6.61 Å². The molecule has 0 aliphatic rings. The van der Waals surface area contributed by atoms with E-state index in [9.17, 15) is 13.6 Å². The van der Waals surface area contributed by atoms with E-state index in [1.165, 1.54) is 13.2 Å². The van der Waals surface area contributed by atoms with Crippen LogP contribution in [0.1, 0.15) is 5.56 Å². The number of hydrogen-bond donors (Lipinski definition) is 2. The molecular weight excluding hydrogens is 358 g/mol. The van der Waals surface area contributed by atoms with Crippen molar-refractivity contribution in [2.24, 2.45) is 0 Å². The van der Waals surface area contributed by atoms with Crippen LogP contribution >= 0.6 is 0 Å². The Kier molecular flexibility index (Phi) is 7.36. The number of hydrogen-bond acceptors (Lipinski definition) is 4. The lowest BCUT2D eigenvalue weighted by Gasteiger charge is -2.16. The largest absolute Gasteiger partial charge is 0.497 e. The molecule has 0 radical (unpaired) electrons. The summed E-state index contributed by atoms with van der Waals surface area (Å²) in [6.45, 7) is -2.18. The van der Waals surface area contributed by atoms with Crippen LogP contribution in [0.4, 0.5) is 14.5 Å². The summed E-state index contributed by atoms with van der Waals surface area (Å²) in [5, 5.41) is 2.82. The van der Waals surface area contributed by atoms with E-state index in [0.717, 1.165) is 10.5 Å². The van der Waals surface area contributed by atoms with E-state index in [4.69, 9.17) is 9.47 Å². The quantitative estimate of drug-likeness (QED) is 0.697. The lowest BCUT2D eigenvalue weighted by Crippen LogP contribution is -3.08. The summed E-state index contributed by atoms with van der Waals surface area (Å²) in [4.78, 5) is 13.1. The van der Waals surface area contributed by atoms with Crippen LogP contribution in [-0.4, -0.2) is 40.3 Å². The first-order valence-electron chi connectivity index (χ1n) is 8.28. The summed E-state index contributed by atoms with van der Waals surface area (Å²) in [7, 11) is 4.81. The fourth-order valence-electron chi connectivity index (χ4n) is 2.61. The van der Waals surface area contributed by atoms with Crippen molar-refractivity contribution in [2.45, 2.75) is 13.2 Å². The number of methoxy groups -OCH3 is 2. The average Bonchev–Trinajstić information content (AvgIpc) is 2.62. The first-order valence-corrected chi connectivity index (χ1v) is 8.28. The van der Waals surface area contributed by atoms with E-state index in [1.54, 1.807) is 43.5 Å². The highest BCUT2D eigenvalue weighted by Crippen LogP contribution is 2.29. The average molecular weight is 381 g/mol. The van der Waals surface area contributed by atoms with Crippen molar-refractivity contribution in [1.29, 1.82) is 0 Å². The topological polar surface area (TPSA) is 61.2 Å². The monoisotopic (exact) mass is 381 g/mol. The highest BCUT2D eigenvalue weighted by atomic mass is 19.3. The van der Waals surface area contributed by atoms with Crippen LogP contribution in [0.15, 0.2) is 42.5 Å². The van der Waals surface area contributed by atoms with Crippen molar-refractivity contribution in [2.75, 3.05) is 33.1 Å². The minimum atomic E-state index is -2.92. The molecule has 0 spiro atoms. The maximum Gasteiger partial charge on any atom is 0.387 e. The smallest absolute Gasteiger partial charge is 0.387 e. The summed E-state index contributed by atoms with van der Waals surface area (Å²) in [6, 6.07) is 11.8. The van der Waals surface area contributed by atoms with Crippen LogP contribution in [0, 0.1) is 0 Å². The number of carbonyl (C=O) groups is 1. The number of quaternary nitrogens is 1. The van der Waals surface area contributed by atoms with Gasteiger partial charge in [0, 0.05) is 17.3 Å². The summed E-state index contributed by atoms with van der Waals surface area (Å²) in [6.07, 6.45) is 0. The van der Waals surface area contributed by atoms with Gasteiger partial charge in [-0.2, -0.15) is 8.78 Å². The van der Waals surface area contributed by atoms with Gasteiger partial charge in [0.25, 0.3) is 5.91 Å². The molecule has 0 aromatic heterocycles. The van der Waals surface area contributed by atoms with Gasteiger partial charge >= 0.3 is 6.61 Å². The van der Waals surface area contributed by atoms with Crippen molar-refractivity contribution in [3.63, 3.8) is 0 Å². The number of rotatable bonds is 9. The maximum atomic E-state index is 12.4. The molecule has 2 aromatic rings. The SMILES string of the molecule is COc1cccc(NC(=O)C[NH+](C)Cc2ccc(OC(F)F)c(OC)c2)c1. The molecule has 1 atom stereocenters. The Morgan fingerprint density at radius 3 is 2.56 bits per heavy atom. The van der Waals surface area contributed by atoms with E-state index in [0.29, 0.717) is 18.0 Å². The highest BCUT2D eigenvalue weighted by molar-refractivity contribution is 5.91. The van der Waals surface area contributed by atoms with Crippen LogP contribution in [0.5, 0.6) is 17.2 Å². The van der Waals surface area contributed by atoms with Gasteiger partial charge < -0.3 is 24.4 Å². The molecule has 2 N–H and O–H groups in total. The molecule has 0 saturated carbocycles. The van der Waals surface area contributed by atoms with Crippen molar-refractivity contribution >= 4 is 11.6 Å². The fourth-order valence-corrected chi connectivity index (χ4v) is 2.61. The predicted molar refractivity (Wildman–Crippen MR) is 96.7 cm³/mol. The molecular formula is C19H23F2N2O4+. The van der Waals surface area contributed by atoms with Crippen molar-refractivity contribution in [3.8, 4) is 17.2 Å². The number of alkyl halides is 2. The van der Waals surface area contributed by atoms with E-state index in [-0.39, 0.29) is 24.0 Å². The number of halogens is 2. The number of benzene rings is 2. The normalized spacial score (nSPS) is 11.8. The third-order valence-electron chi connectivity index (χ3n) is 3.77. The summed E-state index contributed by atoms with van der Waals surface area (Å²) < 4.78 is 39.4. The Morgan fingerprint density at radius 1 is 1.11 bits per heavy atom. The van der Waals surface area contributed by atoms with Gasteiger partial charge in [0.05, 0.1) is 21.3 Å². The molecule has 0 heterocycles. The van der Waals surface area contributed by atoms with E-state index >= 15 is 0 Å². The summed E-state index contributed by atoms with van der Waals surface area (Å²) in [5.41, 5.74) is 1.49. The standard InChI is InChI=1S/C19H22F2N2O4/c1-23(12-18(24)22-14-5-4-6-15(10-14)25-2)11-13-7-8-16(27-19(20)21)17(9-13)26-3/h4-10,19H,11-12H2,1-3H3,(H,22,24)/p+1. The molecule has 146 valence electrons. The Balaban J connectivity index is 1.94. The van der Waals surface area contributed by atoms with Gasteiger partial charge in [-0.15, -0.1) is 0 Å². The number of amides is 1. The second kappa shape index (κ2) is 9.72. The van der Waals surface area contributed by atoms with Gasteiger partial charge in [0.1, 0.15) is 12.3 Å². The van der Waals surface area contributed by atoms with Gasteiger partial charge in [-0.3, -0.25) is 4.79 Å². The lowest BCUT2D eigenvalue weighted by atomic mass is 10.2. The van der Waals surface area contributed by atoms with Crippen molar-refractivity contribution in [3.05, 3.63) is 48.0 Å². The Bertz CT molecular complexity index is 771.